The van der Waals surface area contributed by atoms with Crippen molar-refractivity contribution in [2.24, 2.45) is 0 Å². The second-order valence-electron chi connectivity index (χ2n) is 7.75. The Kier molecular flexibility index (Phi) is 6.72. The van der Waals surface area contributed by atoms with Gasteiger partial charge in [0, 0.05) is 30.2 Å². The molecule has 1 saturated heterocycles. The number of hydrogen-bond donors (Lipinski definition) is 0. The van der Waals surface area contributed by atoms with Gasteiger partial charge in [0.25, 0.3) is 0 Å². The molecule has 0 spiro atoms. The number of aromatic nitrogens is 1. The zero-order chi connectivity index (χ0) is 22.6. The Labute approximate surface area is 188 Å². The lowest BCUT2D eigenvalue weighted by Gasteiger charge is -2.21. The molecule has 0 radical (unpaired) electrons. The van der Waals surface area contributed by atoms with Crippen LogP contribution in [0, 0.1) is 0 Å². The first kappa shape index (κ1) is 22.2. The molecule has 2 aromatic carbocycles. The van der Waals surface area contributed by atoms with Crippen LogP contribution in [0.2, 0.25) is 0 Å². The second-order valence-corrected chi connectivity index (χ2v) is 9.66. The molecule has 2 heterocycles. The number of nitrogens with zero attached hydrogens (tertiary/aromatic N) is 2. The van der Waals surface area contributed by atoms with Gasteiger partial charge in [-0.3, -0.25) is 4.98 Å². The van der Waals surface area contributed by atoms with Gasteiger partial charge in [-0.25, -0.2) is 13.2 Å². The first-order valence-corrected chi connectivity index (χ1v) is 12.1. The van der Waals surface area contributed by atoms with Gasteiger partial charge in [0.1, 0.15) is 17.3 Å². The highest BCUT2D eigenvalue weighted by atomic mass is 32.2. The molecule has 0 amide bonds. The van der Waals surface area contributed by atoms with Gasteiger partial charge in [-0.2, -0.15) is 4.31 Å². The topological polar surface area (TPSA) is 85.8 Å². The van der Waals surface area contributed by atoms with Crippen LogP contribution in [0.5, 0.6) is 5.75 Å². The molecule has 7 nitrogen and oxygen atoms in total. The Hall–Kier alpha value is -2.97. The van der Waals surface area contributed by atoms with E-state index in [9.17, 15) is 13.2 Å². The molecule has 1 fully saturated rings. The largest absolute Gasteiger partial charge is 0.495 e. The number of rotatable bonds is 6. The molecule has 1 aliphatic rings. The van der Waals surface area contributed by atoms with Crippen molar-refractivity contribution in [1.29, 1.82) is 0 Å². The predicted octanol–water partition coefficient (Wildman–Crippen LogP) is 4.17. The number of pyridine rings is 1. The number of ether oxygens (including phenoxy) is 2. The van der Waals surface area contributed by atoms with Crippen LogP contribution in [0.15, 0.2) is 59.6 Å². The van der Waals surface area contributed by atoms with Crippen molar-refractivity contribution in [2.45, 2.75) is 37.2 Å². The number of esters is 1. The predicted molar refractivity (Wildman–Crippen MR) is 121 cm³/mol. The van der Waals surface area contributed by atoms with E-state index in [2.05, 4.69) is 4.98 Å². The summed E-state index contributed by atoms with van der Waals surface area (Å²) < 4.78 is 38.9. The summed E-state index contributed by atoms with van der Waals surface area (Å²) in [5.74, 6) is -0.392. The molecule has 1 aromatic heterocycles. The summed E-state index contributed by atoms with van der Waals surface area (Å²) in [7, 11) is -2.37. The van der Waals surface area contributed by atoms with Gasteiger partial charge >= 0.3 is 5.97 Å². The van der Waals surface area contributed by atoms with E-state index in [0.29, 0.717) is 13.1 Å². The zero-order valence-electron chi connectivity index (χ0n) is 18.0. The van der Waals surface area contributed by atoms with Crippen LogP contribution in [0.3, 0.4) is 0 Å². The van der Waals surface area contributed by atoms with Crippen molar-refractivity contribution in [1.82, 2.24) is 9.29 Å². The number of carbonyl (C=O) groups is 1. The number of methoxy groups -OCH3 is 1. The zero-order valence-corrected chi connectivity index (χ0v) is 18.8. The lowest BCUT2D eigenvalue weighted by atomic mass is 10.1. The molecule has 0 atom stereocenters. The highest BCUT2D eigenvalue weighted by Gasteiger charge is 2.29. The van der Waals surface area contributed by atoms with Gasteiger partial charge in [0.05, 0.1) is 18.2 Å². The van der Waals surface area contributed by atoms with Crippen LogP contribution < -0.4 is 4.74 Å². The van der Waals surface area contributed by atoms with E-state index in [1.54, 1.807) is 6.20 Å². The standard InChI is InChI=1S/C24H26N2O5S/c1-30-21-12-11-19(16-22(21)32(28,29)26-14-4-2-3-5-15-26)24(27)31-17-20-9-6-8-18-10-7-13-25-23(18)20/h6-13,16H,2-5,14-15,17H2,1H3. The summed E-state index contributed by atoms with van der Waals surface area (Å²) in [5, 5.41) is 0.955. The van der Waals surface area contributed by atoms with Crippen molar-refractivity contribution in [2.75, 3.05) is 20.2 Å². The third-order valence-corrected chi connectivity index (χ3v) is 7.58. The van der Waals surface area contributed by atoms with E-state index in [1.807, 2.05) is 30.3 Å². The van der Waals surface area contributed by atoms with Crippen LogP contribution in [0.4, 0.5) is 0 Å². The van der Waals surface area contributed by atoms with E-state index in [4.69, 9.17) is 9.47 Å². The van der Waals surface area contributed by atoms with Crippen LogP contribution in [0.25, 0.3) is 10.9 Å². The van der Waals surface area contributed by atoms with E-state index in [1.165, 1.54) is 29.6 Å². The number of carbonyl (C=O) groups excluding carboxylic acids is 1. The maximum atomic E-state index is 13.3. The van der Waals surface area contributed by atoms with E-state index < -0.39 is 16.0 Å². The number of fused-ring (bicyclic) bond motifs is 1. The summed E-state index contributed by atoms with van der Waals surface area (Å²) in [6.45, 7) is 0.968. The lowest BCUT2D eigenvalue weighted by Crippen LogP contribution is -2.32. The minimum Gasteiger partial charge on any atom is -0.495 e. The first-order chi connectivity index (χ1) is 15.5. The average Bonchev–Trinajstić information content (AvgIpc) is 3.12. The number of para-hydroxylation sites is 1. The number of benzene rings is 2. The fourth-order valence-electron chi connectivity index (χ4n) is 3.94. The second kappa shape index (κ2) is 9.67. The summed E-state index contributed by atoms with van der Waals surface area (Å²) >= 11 is 0. The molecule has 0 N–H and O–H groups in total. The van der Waals surface area contributed by atoms with Crippen LogP contribution in [-0.2, 0) is 21.4 Å². The average molecular weight is 455 g/mol. The molecule has 3 aromatic rings. The highest BCUT2D eigenvalue weighted by Crippen LogP contribution is 2.30. The van der Waals surface area contributed by atoms with Crippen molar-refractivity contribution in [3.63, 3.8) is 0 Å². The lowest BCUT2D eigenvalue weighted by molar-refractivity contribution is 0.0474. The molecule has 0 saturated carbocycles. The molecule has 0 bridgehead atoms. The first-order valence-electron chi connectivity index (χ1n) is 10.7. The molecule has 168 valence electrons. The Morgan fingerprint density at radius 1 is 1.03 bits per heavy atom. The van der Waals surface area contributed by atoms with Crippen molar-refractivity contribution in [3.05, 3.63) is 65.9 Å². The summed E-state index contributed by atoms with van der Waals surface area (Å²) in [5.41, 5.74) is 1.71. The highest BCUT2D eigenvalue weighted by molar-refractivity contribution is 7.89. The van der Waals surface area contributed by atoms with Gasteiger partial charge < -0.3 is 9.47 Å². The summed E-state index contributed by atoms with van der Waals surface area (Å²) in [4.78, 5) is 17.1. The van der Waals surface area contributed by atoms with E-state index in [0.717, 1.165) is 42.1 Å². The maximum absolute atomic E-state index is 13.3. The van der Waals surface area contributed by atoms with Gasteiger partial charge in [0.15, 0.2) is 0 Å². The molecule has 0 unspecified atom stereocenters. The van der Waals surface area contributed by atoms with Crippen molar-refractivity contribution < 1.29 is 22.7 Å². The summed E-state index contributed by atoms with van der Waals surface area (Å²) in [6, 6.07) is 13.8. The molecular weight excluding hydrogens is 428 g/mol. The summed E-state index contributed by atoms with van der Waals surface area (Å²) in [6.07, 6.45) is 5.36. The molecule has 0 aliphatic carbocycles. The Morgan fingerprint density at radius 2 is 1.78 bits per heavy atom. The monoisotopic (exact) mass is 454 g/mol. The minimum absolute atomic E-state index is 0.0109. The fraction of sp³-hybridized carbons (Fsp3) is 0.333. The minimum atomic E-state index is -3.79. The van der Waals surface area contributed by atoms with E-state index >= 15 is 0 Å². The van der Waals surface area contributed by atoms with Crippen molar-refractivity contribution in [3.8, 4) is 5.75 Å². The third kappa shape index (κ3) is 4.61. The normalized spacial score (nSPS) is 15.3. The Bertz CT molecular complexity index is 1210. The van der Waals surface area contributed by atoms with Crippen LogP contribution in [-0.4, -0.2) is 43.9 Å². The maximum Gasteiger partial charge on any atom is 0.338 e. The quantitative estimate of drug-likeness (QED) is 0.520. The SMILES string of the molecule is COc1ccc(C(=O)OCc2cccc3cccnc23)cc1S(=O)(=O)N1CCCCCC1. The Morgan fingerprint density at radius 3 is 2.53 bits per heavy atom. The third-order valence-electron chi connectivity index (χ3n) is 5.66. The van der Waals surface area contributed by atoms with E-state index in [-0.39, 0.29) is 22.8 Å². The molecule has 8 heteroatoms. The molecule has 4 rings (SSSR count). The Balaban J connectivity index is 1.58. The molecule has 32 heavy (non-hydrogen) atoms. The van der Waals surface area contributed by atoms with Gasteiger partial charge in [0.2, 0.25) is 10.0 Å². The number of hydrogen-bond acceptors (Lipinski definition) is 6. The number of sulfonamides is 1. The van der Waals surface area contributed by atoms with Gasteiger partial charge in [-0.05, 0) is 37.1 Å². The van der Waals surface area contributed by atoms with Gasteiger partial charge in [-0.1, -0.05) is 37.1 Å². The molecular formula is C24H26N2O5S. The fourth-order valence-corrected chi connectivity index (χ4v) is 5.64. The van der Waals surface area contributed by atoms with Crippen LogP contribution >= 0.6 is 0 Å². The van der Waals surface area contributed by atoms with Crippen LogP contribution in [0.1, 0.15) is 41.6 Å². The van der Waals surface area contributed by atoms with Gasteiger partial charge in [-0.15, -0.1) is 0 Å². The smallest absolute Gasteiger partial charge is 0.338 e. The van der Waals surface area contributed by atoms with Crippen molar-refractivity contribution >= 4 is 26.9 Å². The molecule has 1 aliphatic heterocycles.